The fourth-order valence-corrected chi connectivity index (χ4v) is 7.29. The molecule has 5 aliphatic carbocycles. The van der Waals surface area contributed by atoms with Crippen LogP contribution in [-0.2, 0) is 9.59 Å². The summed E-state index contributed by atoms with van der Waals surface area (Å²) in [6.45, 7) is 1.82. The molecule has 1 aromatic rings. The molecule has 7 rings (SSSR count). The Morgan fingerprint density at radius 2 is 1.72 bits per heavy atom. The maximum atomic E-state index is 13.5. The summed E-state index contributed by atoms with van der Waals surface area (Å²) in [7, 11) is 0. The molecule has 0 aromatic heterocycles. The van der Waals surface area contributed by atoms with Crippen LogP contribution < -0.4 is 15.5 Å². The summed E-state index contributed by atoms with van der Waals surface area (Å²) in [5, 5.41) is 17.0. The fourth-order valence-electron chi connectivity index (χ4n) is 7.29. The normalized spacial score (nSPS) is 37.9. The van der Waals surface area contributed by atoms with Gasteiger partial charge in [-0.2, -0.15) is 0 Å². The topological polar surface area (TPSA) is 81.7 Å². The van der Waals surface area contributed by atoms with Gasteiger partial charge in [-0.15, -0.1) is 0 Å². The molecule has 1 aliphatic heterocycles. The minimum Gasteiger partial charge on any atom is -0.393 e. The average Bonchev–Trinajstić information content (AvgIpc) is 3.63. The fraction of sp³-hybridized carbons (Fsp3) is 0.692. The molecule has 0 spiro atoms. The van der Waals surface area contributed by atoms with E-state index >= 15 is 0 Å². The largest absolute Gasteiger partial charge is 0.393 e. The van der Waals surface area contributed by atoms with Gasteiger partial charge in [0.2, 0.25) is 11.8 Å². The van der Waals surface area contributed by atoms with Crippen molar-refractivity contribution in [3.63, 3.8) is 0 Å². The number of aliphatic hydroxyl groups excluding tert-OH is 1. The molecule has 0 radical (unpaired) electrons. The minimum atomic E-state index is -0.237. The lowest BCUT2D eigenvalue weighted by Crippen LogP contribution is -2.60. The van der Waals surface area contributed by atoms with E-state index in [1.54, 1.807) is 0 Å². The SMILES string of the molecule is O=C(Nc1ccc(N2CCCC(NC(=O)C34CC5CC(C3)C(O)C(C5)C4)C2)cc1)C1CC1. The Morgan fingerprint density at radius 1 is 1.00 bits per heavy atom. The predicted molar refractivity (Wildman–Crippen MR) is 123 cm³/mol. The molecule has 6 nitrogen and oxygen atoms in total. The van der Waals surface area contributed by atoms with Gasteiger partial charge in [-0.1, -0.05) is 0 Å². The number of hydrogen-bond acceptors (Lipinski definition) is 4. The van der Waals surface area contributed by atoms with Crippen LogP contribution in [0.4, 0.5) is 11.4 Å². The Kier molecular flexibility index (Phi) is 4.97. The summed E-state index contributed by atoms with van der Waals surface area (Å²) in [5.74, 6) is 1.87. The van der Waals surface area contributed by atoms with Crippen molar-refractivity contribution >= 4 is 23.2 Å². The van der Waals surface area contributed by atoms with Crippen LogP contribution in [0.15, 0.2) is 24.3 Å². The highest BCUT2D eigenvalue weighted by Crippen LogP contribution is 2.60. The lowest BCUT2D eigenvalue weighted by atomic mass is 9.48. The van der Waals surface area contributed by atoms with Crippen LogP contribution in [0, 0.1) is 29.1 Å². The number of hydrogen-bond donors (Lipinski definition) is 3. The number of nitrogens with one attached hydrogen (secondary N) is 2. The van der Waals surface area contributed by atoms with Crippen LogP contribution in [0.3, 0.4) is 0 Å². The van der Waals surface area contributed by atoms with Crippen molar-refractivity contribution < 1.29 is 14.7 Å². The third-order valence-electron chi connectivity index (χ3n) is 8.91. The van der Waals surface area contributed by atoms with E-state index in [2.05, 4.69) is 27.7 Å². The average molecular weight is 438 g/mol. The Morgan fingerprint density at radius 3 is 2.41 bits per heavy atom. The first kappa shape index (κ1) is 20.5. The van der Waals surface area contributed by atoms with Crippen LogP contribution in [0.25, 0.3) is 0 Å². The standard InChI is InChI=1S/C26H35N3O3/c30-23-18-10-16-11-19(23)14-26(12-16,13-18)25(32)28-21-2-1-9-29(15-21)22-7-5-20(6-8-22)27-24(31)17-3-4-17/h5-8,16-19,21,23,30H,1-4,9-15H2,(H,27,31)(H,28,32). The van der Waals surface area contributed by atoms with E-state index in [-0.39, 0.29) is 35.3 Å². The highest BCUT2D eigenvalue weighted by atomic mass is 16.3. The number of rotatable bonds is 5. The number of carbonyl (C=O) groups is 2. The number of piperidine rings is 1. The van der Waals surface area contributed by atoms with Crippen molar-refractivity contribution in [2.75, 3.05) is 23.3 Å². The van der Waals surface area contributed by atoms with Crippen LogP contribution in [0.2, 0.25) is 0 Å². The molecule has 3 atom stereocenters. The molecule has 2 amide bonds. The van der Waals surface area contributed by atoms with E-state index in [0.29, 0.717) is 17.8 Å². The van der Waals surface area contributed by atoms with E-state index < -0.39 is 0 Å². The van der Waals surface area contributed by atoms with Crippen molar-refractivity contribution in [3.8, 4) is 0 Å². The van der Waals surface area contributed by atoms with Crippen molar-refractivity contribution in [1.82, 2.24) is 5.32 Å². The van der Waals surface area contributed by atoms with Gasteiger partial charge in [0.05, 0.1) is 11.5 Å². The van der Waals surface area contributed by atoms with Crippen LogP contribution in [0.1, 0.15) is 57.8 Å². The molecule has 1 saturated heterocycles. The number of aliphatic hydroxyl groups is 1. The monoisotopic (exact) mass is 437 g/mol. The van der Waals surface area contributed by atoms with Gasteiger partial charge in [-0.3, -0.25) is 9.59 Å². The van der Waals surface area contributed by atoms with Gasteiger partial charge in [0.15, 0.2) is 0 Å². The van der Waals surface area contributed by atoms with E-state index in [1.807, 2.05) is 12.1 Å². The molecular formula is C26H35N3O3. The molecule has 3 unspecified atom stereocenters. The summed E-state index contributed by atoms with van der Waals surface area (Å²) in [4.78, 5) is 27.8. The molecule has 6 aliphatic rings. The van der Waals surface area contributed by atoms with Crippen molar-refractivity contribution in [1.29, 1.82) is 0 Å². The molecule has 1 heterocycles. The van der Waals surface area contributed by atoms with Gasteiger partial charge < -0.3 is 20.6 Å². The van der Waals surface area contributed by atoms with Gasteiger partial charge in [0.25, 0.3) is 0 Å². The Labute approximate surface area is 190 Å². The van der Waals surface area contributed by atoms with E-state index in [4.69, 9.17) is 0 Å². The lowest BCUT2D eigenvalue weighted by molar-refractivity contribution is -0.163. The maximum Gasteiger partial charge on any atom is 0.227 e. The zero-order chi connectivity index (χ0) is 21.9. The third kappa shape index (κ3) is 3.70. The summed E-state index contributed by atoms with van der Waals surface area (Å²) in [6.07, 6.45) is 8.90. The summed E-state index contributed by atoms with van der Waals surface area (Å²) in [5.41, 5.74) is 1.77. The van der Waals surface area contributed by atoms with Gasteiger partial charge in [0, 0.05) is 36.4 Å². The van der Waals surface area contributed by atoms with E-state index in [1.165, 1.54) is 0 Å². The Balaban J connectivity index is 1.08. The first-order valence-electron chi connectivity index (χ1n) is 12.6. The van der Waals surface area contributed by atoms with Crippen LogP contribution in [0.5, 0.6) is 0 Å². The van der Waals surface area contributed by atoms with Crippen LogP contribution in [-0.4, -0.2) is 42.2 Å². The Bertz CT molecular complexity index is 880. The first-order chi connectivity index (χ1) is 15.5. The van der Waals surface area contributed by atoms with E-state index in [0.717, 1.165) is 82.3 Å². The van der Waals surface area contributed by atoms with Gasteiger partial charge in [0.1, 0.15) is 0 Å². The number of benzene rings is 1. The molecule has 172 valence electrons. The van der Waals surface area contributed by atoms with Crippen molar-refractivity contribution in [2.24, 2.45) is 29.1 Å². The molecule has 3 N–H and O–H groups in total. The number of carbonyl (C=O) groups excluding carboxylic acids is 2. The summed E-state index contributed by atoms with van der Waals surface area (Å²) in [6, 6.07) is 8.29. The zero-order valence-electron chi connectivity index (χ0n) is 18.8. The molecule has 6 heteroatoms. The smallest absolute Gasteiger partial charge is 0.227 e. The highest BCUT2D eigenvalue weighted by molar-refractivity contribution is 5.94. The highest BCUT2D eigenvalue weighted by Gasteiger charge is 2.58. The first-order valence-corrected chi connectivity index (χ1v) is 12.6. The van der Waals surface area contributed by atoms with Crippen molar-refractivity contribution in [2.45, 2.75) is 69.9 Å². The maximum absolute atomic E-state index is 13.5. The van der Waals surface area contributed by atoms with Crippen LogP contribution >= 0.6 is 0 Å². The summed E-state index contributed by atoms with van der Waals surface area (Å²) < 4.78 is 0. The van der Waals surface area contributed by atoms with Crippen molar-refractivity contribution in [3.05, 3.63) is 24.3 Å². The molecular weight excluding hydrogens is 402 g/mol. The number of anilines is 2. The van der Waals surface area contributed by atoms with Gasteiger partial charge in [-0.25, -0.2) is 0 Å². The zero-order valence-corrected chi connectivity index (χ0v) is 18.8. The number of nitrogens with zero attached hydrogens (tertiary/aromatic N) is 1. The minimum absolute atomic E-state index is 0.135. The summed E-state index contributed by atoms with van der Waals surface area (Å²) >= 11 is 0. The second-order valence-corrected chi connectivity index (χ2v) is 11.3. The second-order valence-electron chi connectivity index (χ2n) is 11.3. The molecule has 5 saturated carbocycles. The molecule has 1 aromatic carbocycles. The molecule has 32 heavy (non-hydrogen) atoms. The Hall–Kier alpha value is -2.08. The van der Waals surface area contributed by atoms with Gasteiger partial charge >= 0.3 is 0 Å². The second kappa shape index (κ2) is 7.75. The lowest BCUT2D eigenvalue weighted by Gasteiger charge is -2.58. The van der Waals surface area contributed by atoms with E-state index in [9.17, 15) is 14.7 Å². The predicted octanol–water partition coefficient (Wildman–Crippen LogP) is 3.31. The van der Waals surface area contributed by atoms with Gasteiger partial charge in [-0.05, 0) is 99.8 Å². The molecule has 4 bridgehead atoms. The molecule has 6 fully saturated rings. The number of amides is 2. The third-order valence-corrected chi connectivity index (χ3v) is 8.91. The quantitative estimate of drug-likeness (QED) is 0.660.